The second kappa shape index (κ2) is 9.67. The van der Waals surface area contributed by atoms with Crippen molar-refractivity contribution in [1.82, 2.24) is 19.7 Å². The highest BCUT2D eigenvalue weighted by atomic mass is 32.1. The summed E-state index contributed by atoms with van der Waals surface area (Å²) in [6, 6.07) is 13.6. The SMILES string of the molecule is COc1cccc(Cc2nsc(N3CCCC3C(=O)NCCc3ccccn3)n2)c1. The van der Waals surface area contributed by atoms with Crippen molar-refractivity contribution in [1.29, 1.82) is 0 Å². The fourth-order valence-electron chi connectivity index (χ4n) is 3.64. The Morgan fingerprint density at radius 3 is 3.07 bits per heavy atom. The molecule has 0 saturated carbocycles. The van der Waals surface area contributed by atoms with Gasteiger partial charge in [0, 0.05) is 49.4 Å². The molecule has 3 heterocycles. The lowest BCUT2D eigenvalue weighted by Gasteiger charge is -2.22. The highest BCUT2D eigenvalue weighted by Gasteiger charge is 2.32. The van der Waals surface area contributed by atoms with Gasteiger partial charge in [-0.3, -0.25) is 9.78 Å². The van der Waals surface area contributed by atoms with Crippen LogP contribution in [0.1, 0.15) is 29.9 Å². The first-order valence-electron chi connectivity index (χ1n) is 10.1. The summed E-state index contributed by atoms with van der Waals surface area (Å²) in [6.07, 6.45) is 4.95. The Balaban J connectivity index is 1.35. The van der Waals surface area contributed by atoms with E-state index >= 15 is 0 Å². The molecule has 1 aromatic carbocycles. The number of amides is 1. The van der Waals surface area contributed by atoms with Crippen LogP contribution in [0.15, 0.2) is 48.7 Å². The molecule has 1 aliphatic heterocycles. The Morgan fingerprint density at radius 1 is 1.30 bits per heavy atom. The fraction of sp³-hybridized carbons (Fsp3) is 0.364. The Kier molecular flexibility index (Phi) is 6.53. The second-order valence-corrected chi connectivity index (χ2v) is 7.97. The number of hydrogen-bond donors (Lipinski definition) is 1. The molecule has 4 rings (SSSR count). The molecule has 1 amide bonds. The summed E-state index contributed by atoms with van der Waals surface area (Å²) in [6.45, 7) is 1.41. The number of rotatable bonds is 8. The van der Waals surface area contributed by atoms with Gasteiger partial charge < -0.3 is 15.0 Å². The van der Waals surface area contributed by atoms with Crippen LogP contribution in [0.2, 0.25) is 0 Å². The number of benzene rings is 1. The number of nitrogens with zero attached hydrogens (tertiary/aromatic N) is 4. The van der Waals surface area contributed by atoms with E-state index in [2.05, 4.69) is 19.6 Å². The summed E-state index contributed by atoms with van der Waals surface area (Å²) in [5.41, 5.74) is 2.08. The van der Waals surface area contributed by atoms with Crippen molar-refractivity contribution in [2.75, 3.05) is 25.1 Å². The molecule has 30 heavy (non-hydrogen) atoms. The van der Waals surface area contributed by atoms with Gasteiger partial charge in [-0.25, -0.2) is 4.98 Å². The fourth-order valence-corrected chi connectivity index (χ4v) is 4.41. The summed E-state index contributed by atoms with van der Waals surface area (Å²) >= 11 is 1.36. The van der Waals surface area contributed by atoms with Crippen LogP contribution in [0.5, 0.6) is 5.75 Å². The van der Waals surface area contributed by atoms with Gasteiger partial charge in [-0.15, -0.1) is 0 Å². The van der Waals surface area contributed by atoms with Gasteiger partial charge in [0.1, 0.15) is 17.6 Å². The van der Waals surface area contributed by atoms with E-state index in [1.807, 2.05) is 42.5 Å². The third-order valence-electron chi connectivity index (χ3n) is 5.16. The minimum atomic E-state index is -0.189. The van der Waals surface area contributed by atoms with Gasteiger partial charge in [0.05, 0.1) is 7.11 Å². The number of carbonyl (C=O) groups is 1. The van der Waals surface area contributed by atoms with Gasteiger partial charge in [-0.2, -0.15) is 4.37 Å². The average Bonchev–Trinajstić information content (AvgIpc) is 3.44. The molecule has 1 N–H and O–H groups in total. The molecule has 7 nitrogen and oxygen atoms in total. The first-order chi connectivity index (χ1) is 14.7. The standard InChI is InChI=1S/C22H25N5O2S/c1-29-18-8-4-6-16(14-18)15-20-25-22(30-26-20)27-13-5-9-19(27)21(28)24-12-10-17-7-2-3-11-23-17/h2-4,6-8,11,14,19H,5,9-10,12-13,15H2,1H3,(H,24,28). The molecule has 0 spiro atoms. The van der Waals surface area contributed by atoms with E-state index in [-0.39, 0.29) is 11.9 Å². The van der Waals surface area contributed by atoms with E-state index in [4.69, 9.17) is 9.72 Å². The topological polar surface area (TPSA) is 80.2 Å². The molecule has 1 atom stereocenters. The first kappa shape index (κ1) is 20.3. The minimum Gasteiger partial charge on any atom is -0.497 e. The molecule has 8 heteroatoms. The van der Waals surface area contributed by atoms with Gasteiger partial charge in [0.25, 0.3) is 0 Å². The van der Waals surface area contributed by atoms with E-state index in [0.717, 1.165) is 53.8 Å². The molecule has 0 bridgehead atoms. The Bertz CT molecular complexity index is 978. The molecular weight excluding hydrogens is 398 g/mol. The smallest absolute Gasteiger partial charge is 0.242 e. The van der Waals surface area contributed by atoms with Crippen LogP contribution in [-0.2, 0) is 17.6 Å². The lowest BCUT2D eigenvalue weighted by molar-refractivity contribution is -0.122. The normalized spacial score (nSPS) is 15.9. The Hall–Kier alpha value is -3.00. The molecule has 1 unspecified atom stereocenters. The monoisotopic (exact) mass is 423 g/mol. The molecular formula is C22H25N5O2S. The molecule has 3 aromatic rings. The van der Waals surface area contributed by atoms with Gasteiger partial charge in [0.2, 0.25) is 11.0 Å². The molecule has 156 valence electrons. The number of anilines is 1. The van der Waals surface area contributed by atoms with E-state index in [1.54, 1.807) is 13.3 Å². The summed E-state index contributed by atoms with van der Waals surface area (Å²) in [5.74, 6) is 1.64. The summed E-state index contributed by atoms with van der Waals surface area (Å²) in [7, 11) is 1.66. The van der Waals surface area contributed by atoms with Gasteiger partial charge in [-0.05, 0) is 42.7 Å². The molecule has 1 saturated heterocycles. The van der Waals surface area contributed by atoms with Crippen molar-refractivity contribution in [3.63, 3.8) is 0 Å². The lowest BCUT2D eigenvalue weighted by Crippen LogP contribution is -2.44. The third kappa shape index (κ3) is 4.94. The number of aromatic nitrogens is 3. The van der Waals surface area contributed by atoms with Crippen molar-refractivity contribution in [2.24, 2.45) is 0 Å². The van der Waals surface area contributed by atoms with E-state index in [0.29, 0.717) is 13.0 Å². The highest BCUT2D eigenvalue weighted by Crippen LogP contribution is 2.28. The van der Waals surface area contributed by atoms with E-state index in [1.165, 1.54) is 11.5 Å². The number of methoxy groups -OCH3 is 1. The maximum absolute atomic E-state index is 12.8. The first-order valence-corrected chi connectivity index (χ1v) is 10.9. The maximum atomic E-state index is 12.8. The van der Waals surface area contributed by atoms with Crippen LogP contribution in [-0.4, -0.2) is 46.5 Å². The zero-order valence-electron chi connectivity index (χ0n) is 17.0. The van der Waals surface area contributed by atoms with Crippen molar-refractivity contribution in [3.8, 4) is 5.75 Å². The average molecular weight is 424 g/mol. The predicted octanol–water partition coefficient (Wildman–Crippen LogP) is 2.86. The van der Waals surface area contributed by atoms with Crippen molar-refractivity contribution >= 4 is 22.6 Å². The van der Waals surface area contributed by atoms with Gasteiger partial charge in [-0.1, -0.05) is 18.2 Å². The number of hydrogen-bond acceptors (Lipinski definition) is 7. The predicted molar refractivity (Wildman–Crippen MR) is 117 cm³/mol. The van der Waals surface area contributed by atoms with Crippen LogP contribution < -0.4 is 15.0 Å². The lowest BCUT2D eigenvalue weighted by atomic mass is 10.1. The minimum absolute atomic E-state index is 0.0491. The van der Waals surface area contributed by atoms with E-state index < -0.39 is 0 Å². The Morgan fingerprint density at radius 2 is 2.23 bits per heavy atom. The second-order valence-electron chi connectivity index (χ2n) is 7.24. The number of nitrogens with one attached hydrogen (secondary N) is 1. The summed E-state index contributed by atoms with van der Waals surface area (Å²) in [4.78, 5) is 23.8. The highest BCUT2D eigenvalue weighted by molar-refractivity contribution is 7.09. The quantitative estimate of drug-likeness (QED) is 0.600. The third-order valence-corrected chi connectivity index (χ3v) is 5.95. The van der Waals surface area contributed by atoms with Crippen LogP contribution in [0.3, 0.4) is 0 Å². The van der Waals surface area contributed by atoms with Crippen LogP contribution in [0.4, 0.5) is 5.13 Å². The van der Waals surface area contributed by atoms with Crippen molar-refractivity contribution < 1.29 is 9.53 Å². The van der Waals surface area contributed by atoms with Gasteiger partial charge in [0.15, 0.2) is 0 Å². The van der Waals surface area contributed by atoms with Gasteiger partial charge >= 0.3 is 0 Å². The largest absolute Gasteiger partial charge is 0.497 e. The van der Waals surface area contributed by atoms with Crippen LogP contribution in [0.25, 0.3) is 0 Å². The van der Waals surface area contributed by atoms with Crippen LogP contribution in [0, 0.1) is 0 Å². The number of ether oxygens (including phenoxy) is 1. The number of carbonyl (C=O) groups excluding carboxylic acids is 1. The van der Waals surface area contributed by atoms with Crippen molar-refractivity contribution in [3.05, 3.63) is 65.7 Å². The number of pyridine rings is 1. The maximum Gasteiger partial charge on any atom is 0.242 e. The zero-order valence-corrected chi connectivity index (χ0v) is 17.8. The van der Waals surface area contributed by atoms with E-state index in [9.17, 15) is 4.79 Å². The summed E-state index contributed by atoms with van der Waals surface area (Å²) in [5, 5.41) is 3.87. The summed E-state index contributed by atoms with van der Waals surface area (Å²) < 4.78 is 9.80. The molecule has 1 aliphatic rings. The van der Waals surface area contributed by atoms with Crippen LogP contribution >= 0.6 is 11.5 Å². The zero-order chi connectivity index (χ0) is 20.8. The Labute approximate surface area is 180 Å². The molecule has 1 fully saturated rings. The molecule has 0 radical (unpaired) electrons. The van der Waals surface area contributed by atoms with Crippen molar-refractivity contribution in [2.45, 2.75) is 31.7 Å². The molecule has 2 aromatic heterocycles. The molecule has 0 aliphatic carbocycles.